The second-order valence-electron chi connectivity index (χ2n) is 5.67. The van der Waals surface area contributed by atoms with Gasteiger partial charge in [0.2, 0.25) is 5.95 Å². The zero-order chi connectivity index (χ0) is 19.6. The molecule has 27 heavy (non-hydrogen) atoms. The maximum atomic E-state index is 13.8. The predicted molar refractivity (Wildman–Crippen MR) is 91.1 cm³/mol. The van der Waals surface area contributed by atoms with Crippen molar-refractivity contribution >= 4 is 23.1 Å². The molecular weight excluding hydrogens is 367 g/mol. The van der Waals surface area contributed by atoms with E-state index in [1.165, 1.54) is 24.3 Å². The zero-order valence-electron chi connectivity index (χ0n) is 13.9. The molecule has 0 saturated carbocycles. The number of aryl methyl sites for hydroxylation is 1. The Labute approximate surface area is 151 Å². The lowest BCUT2D eigenvalue weighted by Gasteiger charge is -2.12. The largest absolute Gasteiger partial charge is 0.416 e. The van der Waals surface area contributed by atoms with Gasteiger partial charge in [-0.25, -0.2) is 13.8 Å². The van der Waals surface area contributed by atoms with Crippen LogP contribution in [0.4, 0.5) is 45.1 Å². The highest BCUT2D eigenvalue weighted by molar-refractivity contribution is 5.61. The third kappa shape index (κ3) is 4.69. The molecule has 0 aliphatic rings. The van der Waals surface area contributed by atoms with Crippen LogP contribution >= 0.6 is 0 Å². The van der Waals surface area contributed by atoms with Crippen molar-refractivity contribution in [3.05, 3.63) is 71.4 Å². The van der Waals surface area contributed by atoms with Gasteiger partial charge in [0, 0.05) is 23.5 Å². The minimum Gasteiger partial charge on any atom is -0.340 e. The van der Waals surface area contributed by atoms with Crippen LogP contribution in [-0.4, -0.2) is 9.97 Å². The Morgan fingerprint density at radius 3 is 2.37 bits per heavy atom. The molecular formula is C18H13F5N4. The molecule has 0 atom stereocenters. The number of nitrogens with zero attached hydrogens (tertiary/aromatic N) is 2. The van der Waals surface area contributed by atoms with E-state index in [0.29, 0.717) is 11.8 Å². The summed E-state index contributed by atoms with van der Waals surface area (Å²) in [6, 6.07) is 9.13. The van der Waals surface area contributed by atoms with Crippen molar-refractivity contribution in [2.24, 2.45) is 0 Å². The Morgan fingerprint density at radius 1 is 0.889 bits per heavy atom. The maximum absolute atomic E-state index is 13.8. The van der Waals surface area contributed by atoms with E-state index in [1.807, 2.05) is 0 Å². The van der Waals surface area contributed by atoms with Gasteiger partial charge < -0.3 is 10.6 Å². The predicted octanol–water partition coefficient (Wildman–Crippen LogP) is 5.57. The molecule has 4 nitrogen and oxygen atoms in total. The number of benzene rings is 2. The molecule has 0 spiro atoms. The molecule has 2 aromatic carbocycles. The summed E-state index contributed by atoms with van der Waals surface area (Å²) in [5, 5.41) is 5.38. The number of hydrogen-bond donors (Lipinski definition) is 2. The van der Waals surface area contributed by atoms with Crippen molar-refractivity contribution < 1.29 is 22.0 Å². The number of nitrogens with one attached hydrogen (secondary N) is 2. The quantitative estimate of drug-likeness (QED) is 0.581. The first kappa shape index (κ1) is 18.6. The molecule has 3 rings (SSSR count). The van der Waals surface area contributed by atoms with E-state index < -0.39 is 23.4 Å². The van der Waals surface area contributed by atoms with E-state index in [0.717, 1.165) is 18.2 Å². The third-order valence-corrected chi connectivity index (χ3v) is 3.49. The summed E-state index contributed by atoms with van der Waals surface area (Å²) in [6.45, 7) is 1.64. The summed E-state index contributed by atoms with van der Waals surface area (Å²) in [4.78, 5) is 8.19. The average molecular weight is 380 g/mol. The first-order valence-electron chi connectivity index (χ1n) is 7.73. The van der Waals surface area contributed by atoms with Crippen LogP contribution in [-0.2, 0) is 6.18 Å². The minimum absolute atomic E-state index is 0.00924. The Hall–Kier alpha value is -3.23. The van der Waals surface area contributed by atoms with Gasteiger partial charge in [0.05, 0.1) is 11.3 Å². The van der Waals surface area contributed by atoms with Gasteiger partial charge in [-0.1, -0.05) is 6.07 Å². The maximum Gasteiger partial charge on any atom is 0.416 e. The molecule has 0 aliphatic heterocycles. The van der Waals surface area contributed by atoms with Crippen LogP contribution in [0.15, 0.2) is 48.5 Å². The number of alkyl halides is 3. The molecule has 140 valence electrons. The fourth-order valence-electron chi connectivity index (χ4n) is 2.32. The molecule has 0 saturated heterocycles. The fraction of sp³-hybridized carbons (Fsp3) is 0.111. The van der Waals surface area contributed by atoms with E-state index in [2.05, 4.69) is 20.6 Å². The van der Waals surface area contributed by atoms with Crippen LogP contribution in [0.1, 0.15) is 11.3 Å². The van der Waals surface area contributed by atoms with Crippen LogP contribution in [0.2, 0.25) is 0 Å². The highest BCUT2D eigenvalue weighted by atomic mass is 19.4. The number of anilines is 4. The van der Waals surface area contributed by atoms with Crippen molar-refractivity contribution in [3.63, 3.8) is 0 Å². The van der Waals surface area contributed by atoms with Crippen molar-refractivity contribution in [3.8, 4) is 0 Å². The highest BCUT2D eigenvalue weighted by Crippen LogP contribution is 2.31. The molecule has 0 unspecified atom stereocenters. The summed E-state index contributed by atoms with van der Waals surface area (Å²) in [6.07, 6.45) is -4.47. The monoisotopic (exact) mass is 380 g/mol. The normalized spacial score (nSPS) is 11.3. The van der Waals surface area contributed by atoms with Gasteiger partial charge in [0.1, 0.15) is 17.5 Å². The molecule has 3 aromatic rings. The molecule has 0 aliphatic carbocycles. The third-order valence-electron chi connectivity index (χ3n) is 3.49. The van der Waals surface area contributed by atoms with Crippen LogP contribution in [0.3, 0.4) is 0 Å². The zero-order valence-corrected chi connectivity index (χ0v) is 13.9. The lowest BCUT2D eigenvalue weighted by molar-refractivity contribution is -0.137. The molecule has 1 aromatic heterocycles. The summed E-state index contributed by atoms with van der Waals surface area (Å²) in [5.41, 5.74) is -0.164. The van der Waals surface area contributed by atoms with Crippen LogP contribution in [0.25, 0.3) is 0 Å². The van der Waals surface area contributed by atoms with Gasteiger partial charge in [0.25, 0.3) is 0 Å². The molecule has 9 heteroatoms. The number of aromatic nitrogens is 2. The van der Waals surface area contributed by atoms with Crippen molar-refractivity contribution in [1.29, 1.82) is 0 Å². The van der Waals surface area contributed by atoms with Crippen LogP contribution in [0, 0.1) is 18.6 Å². The Bertz CT molecular complexity index is 972. The van der Waals surface area contributed by atoms with Gasteiger partial charge in [-0.2, -0.15) is 18.2 Å². The van der Waals surface area contributed by atoms with E-state index in [4.69, 9.17) is 0 Å². The Balaban J connectivity index is 1.85. The van der Waals surface area contributed by atoms with Gasteiger partial charge in [0.15, 0.2) is 0 Å². The van der Waals surface area contributed by atoms with Gasteiger partial charge in [-0.15, -0.1) is 0 Å². The van der Waals surface area contributed by atoms with E-state index >= 15 is 0 Å². The summed E-state index contributed by atoms with van der Waals surface area (Å²) >= 11 is 0. The lowest BCUT2D eigenvalue weighted by atomic mass is 10.2. The molecule has 1 heterocycles. The van der Waals surface area contributed by atoms with Gasteiger partial charge >= 0.3 is 6.18 Å². The topological polar surface area (TPSA) is 49.8 Å². The molecule has 2 N–H and O–H groups in total. The average Bonchev–Trinajstić information content (AvgIpc) is 2.56. The summed E-state index contributed by atoms with van der Waals surface area (Å²) in [7, 11) is 0. The van der Waals surface area contributed by atoms with Crippen LogP contribution in [0.5, 0.6) is 0 Å². The first-order valence-corrected chi connectivity index (χ1v) is 7.73. The standard InChI is InChI=1S/C18H13F5N4/c1-10-7-16(25-13-4-2-3-11(8-13)18(21,22)23)27-17(24-10)26-15-6-5-12(19)9-14(15)20/h2-9H,1H3,(H2,24,25,26,27). The minimum atomic E-state index is -4.47. The summed E-state index contributed by atoms with van der Waals surface area (Å²) in [5.74, 6) is -1.33. The van der Waals surface area contributed by atoms with E-state index in [-0.39, 0.29) is 23.1 Å². The van der Waals surface area contributed by atoms with Crippen molar-refractivity contribution in [2.45, 2.75) is 13.1 Å². The molecule has 0 radical (unpaired) electrons. The second-order valence-corrected chi connectivity index (χ2v) is 5.67. The van der Waals surface area contributed by atoms with Crippen molar-refractivity contribution in [1.82, 2.24) is 9.97 Å². The molecule has 0 amide bonds. The molecule has 0 fully saturated rings. The van der Waals surface area contributed by atoms with Gasteiger partial charge in [-0.05, 0) is 37.3 Å². The number of hydrogen-bond acceptors (Lipinski definition) is 4. The van der Waals surface area contributed by atoms with E-state index in [1.54, 1.807) is 6.92 Å². The number of halogens is 5. The fourth-order valence-corrected chi connectivity index (χ4v) is 2.32. The first-order chi connectivity index (χ1) is 12.7. The van der Waals surface area contributed by atoms with E-state index in [9.17, 15) is 22.0 Å². The summed E-state index contributed by atoms with van der Waals surface area (Å²) < 4.78 is 65.2. The second kappa shape index (κ2) is 7.18. The SMILES string of the molecule is Cc1cc(Nc2cccc(C(F)(F)F)c2)nc(Nc2ccc(F)cc2F)n1. The van der Waals surface area contributed by atoms with Crippen LogP contribution < -0.4 is 10.6 Å². The smallest absolute Gasteiger partial charge is 0.340 e. The van der Waals surface area contributed by atoms with Crippen molar-refractivity contribution in [2.75, 3.05) is 10.6 Å². The Kier molecular flexibility index (Phi) is 4.93. The number of rotatable bonds is 4. The molecule has 0 bridgehead atoms. The Morgan fingerprint density at radius 2 is 1.67 bits per heavy atom. The van der Waals surface area contributed by atoms with Gasteiger partial charge in [-0.3, -0.25) is 0 Å². The lowest BCUT2D eigenvalue weighted by Crippen LogP contribution is -2.06. The highest BCUT2D eigenvalue weighted by Gasteiger charge is 2.30.